The molecule has 4 atom stereocenters. The number of nitriles is 1. The first kappa shape index (κ1) is 28.5. The fourth-order valence-corrected chi connectivity index (χ4v) is 7.38. The van der Waals surface area contributed by atoms with Gasteiger partial charge in [0, 0.05) is 49.3 Å². The summed E-state index contributed by atoms with van der Waals surface area (Å²) in [4.78, 5) is 27.8. The van der Waals surface area contributed by atoms with Crippen LogP contribution in [0.25, 0.3) is 0 Å². The Morgan fingerprint density at radius 3 is 2.69 bits per heavy atom. The zero-order chi connectivity index (χ0) is 29.6. The maximum atomic E-state index is 14.7. The van der Waals surface area contributed by atoms with Crippen molar-refractivity contribution in [1.29, 1.82) is 5.26 Å². The van der Waals surface area contributed by atoms with Crippen molar-refractivity contribution in [3.8, 4) is 12.1 Å². The predicted octanol–water partition coefficient (Wildman–Crippen LogP) is 3.67. The molecule has 3 heterocycles. The number of fused-ring (bicyclic) bond motifs is 3. The molecule has 2 aliphatic heterocycles. The van der Waals surface area contributed by atoms with Crippen LogP contribution in [0, 0.1) is 23.0 Å². The minimum atomic E-state index is -0.904. The number of carbonyl (C=O) groups excluding carboxylic acids is 1. The highest BCUT2D eigenvalue weighted by atomic mass is 19.1. The molecule has 222 valence electrons. The second-order valence-electron chi connectivity index (χ2n) is 12.1. The van der Waals surface area contributed by atoms with Gasteiger partial charge in [0.25, 0.3) is 0 Å². The number of nitrogens with zero attached hydrogens (tertiary/aromatic N) is 6. The van der Waals surface area contributed by atoms with Gasteiger partial charge in [-0.2, -0.15) is 15.2 Å². The van der Waals surface area contributed by atoms with Crippen molar-refractivity contribution in [3.63, 3.8) is 0 Å². The Hall–Kier alpha value is -3.65. The lowest BCUT2D eigenvalue weighted by Crippen LogP contribution is -2.55. The first-order valence-corrected chi connectivity index (χ1v) is 14.6. The summed E-state index contributed by atoms with van der Waals surface area (Å²) in [5, 5.41) is 9.47. The van der Waals surface area contributed by atoms with Crippen molar-refractivity contribution < 1.29 is 22.7 Å². The fourth-order valence-electron chi connectivity index (χ4n) is 7.38. The fraction of sp³-hybridized carbons (Fsp3) is 0.548. The van der Waals surface area contributed by atoms with Crippen LogP contribution in [0.3, 0.4) is 0 Å². The number of carbonyl (C=O) groups is 1. The number of alkyl halides is 1. The zero-order valence-electron chi connectivity index (χ0n) is 23.8. The number of aromatic nitrogens is 2. The van der Waals surface area contributed by atoms with E-state index in [2.05, 4.69) is 17.5 Å². The summed E-state index contributed by atoms with van der Waals surface area (Å²) >= 11 is 0. The minimum Gasteiger partial charge on any atom is -0.462 e. The van der Waals surface area contributed by atoms with Gasteiger partial charge in [-0.15, -0.1) is 0 Å². The molecule has 2 fully saturated rings. The van der Waals surface area contributed by atoms with E-state index in [0.29, 0.717) is 76.1 Å². The number of ether oxygens (including phenoxy) is 1. The average molecular weight is 581 g/mol. The van der Waals surface area contributed by atoms with Crippen LogP contribution in [0.5, 0.6) is 6.01 Å². The normalized spacial score (nSPS) is 27.1. The lowest BCUT2D eigenvalue weighted by Gasteiger charge is -2.42. The summed E-state index contributed by atoms with van der Waals surface area (Å²) in [7, 11) is 1.87. The third kappa shape index (κ3) is 5.10. The third-order valence-electron chi connectivity index (χ3n) is 9.60. The quantitative estimate of drug-likeness (QED) is 0.482. The van der Waals surface area contributed by atoms with E-state index in [9.17, 15) is 23.2 Å². The summed E-state index contributed by atoms with van der Waals surface area (Å²) in [6, 6.07) is 4.37. The molecule has 4 aliphatic rings. The average Bonchev–Trinajstić information content (AvgIpc) is 3.48. The molecule has 1 spiro atoms. The Morgan fingerprint density at radius 2 is 1.98 bits per heavy atom. The molecular formula is C31H35F3N6O2. The summed E-state index contributed by atoms with van der Waals surface area (Å²) in [5.74, 6) is -0.586. The summed E-state index contributed by atoms with van der Waals surface area (Å²) in [5.41, 5.74) is 2.61. The number of hydrogen-bond donors (Lipinski definition) is 0. The van der Waals surface area contributed by atoms with Crippen LogP contribution in [0.2, 0.25) is 0 Å². The van der Waals surface area contributed by atoms with Crippen LogP contribution in [0.1, 0.15) is 48.1 Å². The van der Waals surface area contributed by atoms with Crippen LogP contribution in [-0.2, 0) is 29.5 Å². The van der Waals surface area contributed by atoms with Gasteiger partial charge in [-0.25, -0.2) is 13.2 Å². The van der Waals surface area contributed by atoms with E-state index in [1.54, 1.807) is 4.90 Å². The van der Waals surface area contributed by atoms with Crippen molar-refractivity contribution in [3.05, 3.63) is 58.8 Å². The Balaban J connectivity index is 1.35. The van der Waals surface area contributed by atoms with Gasteiger partial charge < -0.3 is 14.5 Å². The Kier molecular flexibility index (Phi) is 7.60. The molecule has 1 aromatic heterocycles. The van der Waals surface area contributed by atoms with E-state index in [0.717, 1.165) is 22.9 Å². The van der Waals surface area contributed by atoms with Crippen molar-refractivity contribution in [2.45, 2.75) is 68.6 Å². The highest BCUT2D eigenvalue weighted by Gasteiger charge is 2.45. The van der Waals surface area contributed by atoms with E-state index in [-0.39, 0.29) is 37.0 Å². The van der Waals surface area contributed by atoms with Gasteiger partial charge in [0.2, 0.25) is 5.91 Å². The maximum Gasteiger partial charge on any atom is 0.318 e. The van der Waals surface area contributed by atoms with Crippen LogP contribution in [0.15, 0.2) is 24.8 Å². The van der Waals surface area contributed by atoms with Crippen LogP contribution in [-0.4, -0.2) is 83.8 Å². The summed E-state index contributed by atoms with van der Waals surface area (Å²) in [6.07, 6.45) is 3.98. The van der Waals surface area contributed by atoms with E-state index in [1.165, 1.54) is 12.1 Å². The topological polar surface area (TPSA) is 85.6 Å². The predicted molar refractivity (Wildman–Crippen MR) is 150 cm³/mol. The minimum absolute atomic E-state index is 0.101. The molecular weight excluding hydrogens is 545 g/mol. The second-order valence-corrected chi connectivity index (χ2v) is 12.1. The SMILES string of the molecule is C=CC(=O)N1CCN(c2nc(OCC3CC(F)CN3C)nc3c2CCC2(CCc4c(F)cc(F)cc42)C3)CC1CC#N. The van der Waals surface area contributed by atoms with E-state index in [1.807, 2.05) is 11.9 Å². The van der Waals surface area contributed by atoms with Crippen molar-refractivity contribution in [1.82, 2.24) is 19.8 Å². The van der Waals surface area contributed by atoms with Crippen molar-refractivity contribution >= 4 is 11.7 Å². The molecule has 2 aliphatic carbocycles. The van der Waals surface area contributed by atoms with Crippen molar-refractivity contribution in [2.75, 3.05) is 44.7 Å². The molecule has 11 heteroatoms. The molecule has 0 saturated carbocycles. The summed E-state index contributed by atoms with van der Waals surface area (Å²) in [6.45, 7) is 5.52. The van der Waals surface area contributed by atoms with Gasteiger partial charge in [0.15, 0.2) is 0 Å². The summed E-state index contributed by atoms with van der Waals surface area (Å²) < 4.78 is 49.2. The lowest BCUT2D eigenvalue weighted by molar-refractivity contribution is -0.128. The first-order chi connectivity index (χ1) is 20.2. The van der Waals surface area contributed by atoms with Gasteiger partial charge in [0.1, 0.15) is 30.2 Å². The van der Waals surface area contributed by atoms with E-state index >= 15 is 0 Å². The molecule has 0 radical (unpaired) electrons. The van der Waals surface area contributed by atoms with Gasteiger partial charge in [-0.3, -0.25) is 9.69 Å². The lowest BCUT2D eigenvalue weighted by atomic mass is 9.69. The van der Waals surface area contributed by atoms with E-state index in [4.69, 9.17) is 14.7 Å². The number of benzene rings is 1. The van der Waals surface area contributed by atoms with Gasteiger partial charge in [-0.1, -0.05) is 6.58 Å². The molecule has 8 nitrogen and oxygen atoms in total. The Labute approximate surface area is 243 Å². The third-order valence-corrected chi connectivity index (χ3v) is 9.60. The molecule has 6 rings (SSSR count). The molecule has 2 saturated heterocycles. The maximum absolute atomic E-state index is 14.7. The number of piperazine rings is 1. The standard InChI is InChI=1S/C31H35F3N6O2/c1-3-28(41)40-11-10-39(17-21(40)6-9-35)29-24-5-8-31(7-4-23-25(31)13-19(32)14-26(23)34)15-27(24)36-30(37-29)42-18-22-12-20(33)16-38(22)2/h3,13-14,20-22H,1,4-8,10-12,15-18H2,2H3. The van der Waals surface area contributed by atoms with E-state index < -0.39 is 23.2 Å². The number of halogens is 3. The molecule has 2 aromatic rings. The number of anilines is 1. The van der Waals surface area contributed by atoms with Gasteiger partial charge >= 0.3 is 6.01 Å². The largest absolute Gasteiger partial charge is 0.462 e. The molecule has 0 bridgehead atoms. The number of likely N-dealkylation sites (N-methyl/N-ethyl adjacent to an activating group) is 1. The number of hydrogen-bond acceptors (Lipinski definition) is 7. The molecule has 42 heavy (non-hydrogen) atoms. The van der Waals surface area contributed by atoms with Gasteiger partial charge in [-0.05, 0) is 68.8 Å². The molecule has 0 N–H and O–H groups in total. The van der Waals surface area contributed by atoms with Crippen LogP contribution >= 0.6 is 0 Å². The highest BCUT2D eigenvalue weighted by molar-refractivity contribution is 5.87. The van der Waals surface area contributed by atoms with Crippen LogP contribution in [0.4, 0.5) is 19.0 Å². The molecule has 1 aromatic carbocycles. The molecule has 4 unspecified atom stereocenters. The first-order valence-electron chi connectivity index (χ1n) is 14.6. The zero-order valence-corrected chi connectivity index (χ0v) is 23.8. The smallest absolute Gasteiger partial charge is 0.318 e. The second kappa shape index (κ2) is 11.2. The van der Waals surface area contributed by atoms with Crippen molar-refractivity contribution in [2.24, 2.45) is 0 Å². The Bertz CT molecular complexity index is 1450. The highest BCUT2D eigenvalue weighted by Crippen LogP contribution is 2.49. The molecule has 1 amide bonds. The van der Waals surface area contributed by atoms with Gasteiger partial charge in [0.05, 0.1) is 24.2 Å². The number of amides is 1. The number of likely N-dealkylation sites (tertiary alicyclic amines) is 1. The Morgan fingerprint density at radius 1 is 1.19 bits per heavy atom. The van der Waals surface area contributed by atoms with Crippen LogP contribution < -0.4 is 9.64 Å². The monoisotopic (exact) mass is 580 g/mol. The number of rotatable bonds is 6.